The zero-order chi connectivity index (χ0) is 14.9. The number of carbonyl (C=O) groups excluding carboxylic acids is 1. The highest BCUT2D eigenvalue weighted by Gasteiger charge is 2.26. The number of piperazine rings is 1. The Kier molecular flexibility index (Phi) is 4.15. The number of nitrogens with zero attached hydrogens (tertiary/aromatic N) is 2. The first-order chi connectivity index (χ1) is 9.27. The first kappa shape index (κ1) is 15.0. The van der Waals surface area contributed by atoms with E-state index in [-0.39, 0.29) is 5.91 Å². The van der Waals surface area contributed by atoms with Gasteiger partial charge in [0, 0.05) is 31.7 Å². The smallest absolute Gasteiger partial charge is 0.253 e. The summed E-state index contributed by atoms with van der Waals surface area (Å²) in [6, 6.07) is 5.77. The number of benzene rings is 1. The molecule has 1 aliphatic heterocycles. The van der Waals surface area contributed by atoms with Gasteiger partial charge in [-0.25, -0.2) is 8.42 Å². The van der Waals surface area contributed by atoms with E-state index in [4.69, 9.17) is 0 Å². The van der Waals surface area contributed by atoms with E-state index >= 15 is 0 Å². The van der Waals surface area contributed by atoms with Crippen molar-refractivity contribution in [3.05, 3.63) is 34.9 Å². The Balaban J connectivity index is 2.09. The third-order valence-electron chi connectivity index (χ3n) is 3.46. The molecule has 1 saturated heterocycles. The molecule has 20 heavy (non-hydrogen) atoms. The van der Waals surface area contributed by atoms with Crippen LogP contribution >= 0.6 is 0 Å². The molecule has 0 saturated carbocycles. The Bertz CT molecular complexity index is 597. The summed E-state index contributed by atoms with van der Waals surface area (Å²) in [5.74, 6) is -0.0232. The van der Waals surface area contributed by atoms with Crippen molar-refractivity contribution in [2.75, 3.05) is 32.4 Å². The summed E-state index contributed by atoms with van der Waals surface area (Å²) in [5, 5.41) is 0. The van der Waals surface area contributed by atoms with Gasteiger partial charge in [0.2, 0.25) is 10.0 Å². The molecule has 0 atom stereocenters. The molecule has 1 amide bonds. The van der Waals surface area contributed by atoms with Crippen LogP contribution in [0.5, 0.6) is 0 Å². The van der Waals surface area contributed by atoms with Crippen molar-refractivity contribution in [3.8, 4) is 0 Å². The van der Waals surface area contributed by atoms with Crippen molar-refractivity contribution < 1.29 is 13.2 Å². The molecule has 0 aliphatic carbocycles. The lowest BCUT2D eigenvalue weighted by Crippen LogP contribution is -2.50. The molecule has 1 aromatic carbocycles. The van der Waals surface area contributed by atoms with E-state index in [0.29, 0.717) is 31.7 Å². The maximum Gasteiger partial charge on any atom is 0.253 e. The predicted octanol–water partition coefficient (Wildman–Crippen LogP) is 1.02. The molecule has 110 valence electrons. The van der Waals surface area contributed by atoms with E-state index < -0.39 is 10.0 Å². The quantitative estimate of drug-likeness (QED) is 0.819. The van der Waals surface area contributed by atoms with Crippen molar-refractivity contribution in [1.82, 2.24) is 9.21 Å². The molecular formula is C14H20N2O3S. The third kappa shape index (κ3) is 3.37. The fourth-order valence-corrected chi connectivity index (χ4v) is 3.33. The van der Waals surface area contributed by atoms with Gasteiger partial charge < -0.3 is 4.90 Å². The topological polar surface area (TPSA) is 57.7 Å². The molecule has 1 fully saturated rings. The first-order valence-electron chi connectivity index (χ1n) is 6.60. The van der Waals surface area contributed by atoms with Crippen LogP contribution < -0.4 is 0 Å². The Morgan fingerprint density at radius 3 is 1.95 bits per heavy atom. The van der Waals surface area contributed by atoms with Gasteiger partial charge in [-0.3, -0.25) is 4.79 Å². The molecule has 1 heterocycles. The average molecular weight is 296 g/mol. The lowest BCUT2D eigenvalue weighted by Gasteiger charge is -2.33. The van der Waals surface area contributed by atoms with Crippen molar-refractivity contribution in [3.63, 3.8) is 0 Å². The number of aryl methyl sites for hydroxylation is 2. The van der Waals surface area contributed by atoms with E-state index in [1.165, 1.54) is 10.6 Å². The van der Waals surface area contributed by atoms with Crippen LogP contribution in [-0.2, 0) is 10.0 Å². The highest BCUT2D eigenvalue weighted by atomic mass is 32.2. The lowest BCUT2D eigenvalue weighted by atomic mass is 10.1. The summed E-state index contributed by atoms with van der Waals surface area (Å²) < 4.78 is 24.3. The third-order valence-corrected chi connectivity index (χ3v) is 4.77. The van der Waals surface area contributed by atoms with Crippen molar-refractivity contribution in [2.24, 2.45) is 0 Å². The second-order valence-electron chi connectivity index (χ2n) is 5.33. The zero-order valence-electron chi connectivity index (χ0n) is 12.1. The Morgan fingerprint density at radius 1 is 1.00 bits per heavy atom. The first-order valence-corrected chi connectivity index (χ1v) is 8.45. The summed E-state index contributed by atoms with van der Waals surface area (Å²) in [6.07, 6.45) is 1.20. The summed E-state index contributed by atoms with van der Waals surface area (Å²) >= 11 is 0. The summed E-state index contributed by atoms with van der Waals surface area (Å²) in [5.41, 5.74) is 2.79. The highest BCUT2D eigenvalue weighted by molar-refractivity contribution is 7.88. The molecule has 0 unspecified atom stereocenters. The summed E-state index contributed by atoms with van der Waals surface area (Å²) in [6.45, 7) is 5.55. The Hall–Kier alpha value is -1.40. The van der Waals surface area contributed by atoms with Gasteiger partial charge in [-0.05, 0) is 26.0 Å². The van der Waals surface area contributed by atoms with Crippen LogP contribution in [0, 0.1) is 13.8 Å². The van der Waals surface area contributed by atoms with E-state index in [1.807, 2.05) is 32.0 Å². The Labute approximate surface area is 120 Å². The maximum atomic E-state index is 12.4. The Morgan fingerprint density at radius 2 is 1.50 bits per heavy atom. The minimum Gasteiger partial charge on any atom is -0.336 e. The van der Waals surface area contributed by atoms with Crippen LogP contribution in [0.4, 0.5) is 0 Å². The van der Waals surface area contributed by atoms with Crippen LogP contribution in [-0.4, -0.2) is 56.0 Å². The minimum atomic E-state index is -3.16. The summed E-state index contributed by atoms with van der Waals surface area (Å²) in [4.78, 5) is 14.1. The standard InChI is InChI=1S/C14H20N2O3S/c1-11-8-12(2)10-13(9-11)14(17)15-4-6-16(7-5-15)20(3,18)19/h8-10H,4-7H2,1-3H3. The van der Waals surface area contributed by atoms with Gasteiger partial charge in [0.05, 0.1) is 6.26 Å². The number of hydrogen-bond acceptors (Lipinski definition) is 3. The number of amides is 1. The predicted molar refractivity (Wildman–Crippen MR) is 78.2 cm³/mol. The van der Waals surface area contributed by atoms with Gasteiger partial charge in [0.1, 0.15) is 0 Å². The maximum absolute atomic E-state index is 12.4. The van der Waals surface area contributed by atoms with Crippen LogP contribution in [0.2, 0.25) is 0 Å². The van der Waals surface area contributed by atoms with E-state index in [0.717, 1.165) is 11.1 Å². The number of rotatable bonds is 2. The van der Waals surface area contributed by atoms with Gasteiger partial charge in [-0.1, -0.05) is 17.2 Å². The summed E-state index contributed by atoms with van der Waals surface area (Å²) in [7, 11) is -3.16. The highest BCUT2D eigenvalue weighted by Crippen LogP contribution is 2.14. The van der Waals surface area contributed by atoms with Crippen molar-refractivity contribution >= 4 is 15.9 Å². The number of carbonyl (C=O) groups is 1. The zero-order valence-corrected chi connectivity index (χ0v) is 12.9. The fourth-order valence-electron chi connectivity index (χ4n) is 2.50. The van der Waals surface area contributed by atoms with E-state index in [2.05, 4.69) is 0 Å². The molecule has 0 bridgehead atoms. The molecule has 0 aromatic heterocycles. The average Bonchev–Trinajstić information content (AvgIpc) is 2.36. The largest absolute Gasteiger partial charge is 0.336 e. The second kappa shape index (κ2) is 5.54. The fraction of sp³-hybridized carbons (Fsp3) is 0.500. The molecule has 0 radical (unpaired) electrons. The minimum absolute atomic E-state index is 0.0232. The number of hydrogen-bond donors (Lipinski definition) is 0. The molecule has 1 aromatic rings. The monoisotopic (exact) mass is 296 g/mol. The van der Waals surface area contributed by atoms with Gasteiger partial charge in [0.25, 0.3) is 5.91 Å². The SMILES string of the molecule is Cc1cc(C)cc(C(=O)N2CCN(S(C)(=O)=O)CC2)c1. The van der Waals surface area contributed by atoms with Crippen LogP contribution in [0.3, 0.4) is 0 Å². The molecule has 0 N–H and O–H groups in total. The van der Waals surface area contributed by atoms with Crippen molar-refractivity contribution in [2.45, 2.75) is 13.8 Å². The van der Waals surface area contributed by atoms with E-state index in [9.17, 15) is 13.2 Å². The molecule has 6 heteroatoms. The molecule has 2 rings (SSSR count). The molecule has 0 spiro atoms. The van der Waals surface area contributed by atoms with Crippen molar-refractivity contribution in [1.29, 1.82) is 0 Å². The molecule has 1 aliphatic rings. The van der Waals surface area contributed by atoms with Crippen LogP contribution in [0.25, 0.3) is 0 Å². The molecular weight excluding hydrogens is 276 g/mol. The normalized spacial score (nSPS) is 17.2. The van der Waals surface area contributed by atoms with Gasteiger partial charge >= 0.3 is 0 Å². The lowest BCUT2D eigenvalue weighted by molar-refractivity contribution is 0.0698. The second-order valence-corrected chi connectivity index (χ2v) is 7.31. The van der Waals surface area contributed by atoms with Crippen LogP contribution in [0.15, 0.2) is 18.2 Å². The van der Waals surface area contributed by atoms with Gasteiger partial charge in [0.15, 0.2) is 0 Å². The van der Waals surface area contributed by atoms with Crippen LogP contribution in [0.1, 0.15) is 21.5 Å². The van der Waals surface area contributed by atoms with Gasteiger partial charge in [-0.15, -0.1) is 0 Å². The number of sulfonamides is 1. The van der Waals surface area contributed by atoms with Gasteiger partial charge in [-0.2, -0.15) is 4.31 Å². The van der Waals surface area contributed by atoms with E-state index in [1.54, 1.807) is 4.90 Å². The molecule has 5 nitrogen and oxygen atoms in total.